The molecule has 84 valence electrons. The molecule has 1 aliphatic carbocycles. The smallest absolute Gasteiger partial charge is 0.0335 e. The lowest BCUT2D eigenvalue weighted by Crippen LogP contribution is -2.13. The van der Waals surface area contributed by atoms with Gasteiger partial charge in [-0.05, 0) is 38.8 Å². The van der Waals surface area contributed by atoms with Crippen LogP contribution in [0.3, 0.4) is 0 Å². The van der Waals surface area contributed by atoms with E-state index in [1.807, 2.05) is 0 Å². The van der Waals surface area contributed by atoms with Crippen molar-refractivity contribution in [3.05, 3.63) is 23.5 Å². The van der Waals surface area contributed by atoms with Gasteiger partial charge in [0.1, 0.15) is 0 Å². The highest BCUT2D eigenvalue weighted by Crippen LogP contribution is 2.29. The maximum absolute atomic E-state index is 2.56. The molecule has 0 unspecified atom stereocenters. The van der Waals surface area contributed by atoms with Crippen LogP contribution in [0, 0.1) is 13.8 Å². The zero-order valence-corrected chi connectivity index (χ0v) is 10.1. The average Bonchev–Trinajstić information content (AvgIpc) is 2.48. The molecule has 0 aliphatic heterocycles. The average molecular weight is 205 g/mol. The van der Waals surface area contributed by atoms with Crippen molar-refractivity contribution < 1.29 is 0 Å². The van der Waals surface area contributed by atoms with Crippen molar-refractivity contribution in [3.63, 3.8) is 0 Å². The first-order valence-electron chi connectivity index (χ1n) is 6.43. The van der Waals surface area contributed by atoms with Crippen LogP contribution in [0.15, 0.2) is 12.1 Å². The molecule has 1 nitrogen and oxygen atoms in total. The Labute approximate surface area is 93.5 Å². The number of hydrogen-bond donors (Lipinski definition) is 0. The van der Waals surface area contributed by atoms with Crippen molar-refractivity contribution >= 4 is 0 Å². The van der Waals surface area contributed by atoms with Gasteiger partial charge in [0.2, 0.25) is 0 Å². The van der Waals surface area contributed by atoms with Gasteiger partial charge in [0, 0.05) is 17.4 Å². The summed E-state index contributed by atoms with van der Waals surface area (Å²) in [5.74, 6) is 0. The summed E-state index contributed by atoms with van der Waals surface area (Å²) in [6, 6.07) is 5.29. The van der Waals surface area contributed by atoms with E-state index >= 15 is 0 Å². The summed E-state index contributed by atoms with van der Waals surface area (Å²) in [6.45, 7) is 4.48. The molecule has 1 fully saturated rings. The molecule has 0 atom stereocenters. The number of hydrogen-bond acceptors (Lipinski definition) is 0. The van der Waals surface area contributed by atoms with Gasteiger partial charge in [-0.2, -0.15) is 0 Å². The molecular weight excluding hydrogens is 182 g/mol. The minimum Gasteiger partial charge on any atom is -0.346 e. The van der Waals surface area contributed by atoms with Crippen molar-refractivity contribution in [1.29, 1.82) is 0 Å². The summed E-state index contributed by atoms with van der Waals surface area (Å²) in [5.41, 5.74) is 2.89. The lowest BCUT2D eigenvalue weighted by molar-refractivity contribution is 0.364. The number of rotatable bonds is 1. The molecule has 2 rings (SSSR count). The Morgan fingerprint density at radius 1 is 0.867 bits per heavy atom. The van der Waals surface area contributed by atoms with E-state index in [1.54, 1.807) is 0 Å². The molecule has 0 spiro atoms. The quantitative estimate of drug-likeness (QED) is 0.640. The van der Waals surface area contributed by atoms with Gasteiger partial charge in [-0.25, -0.2) is 0 Å². The van der Waals surface area contributed by atoms with E-state index < -0.39 is 0 Å². The van der Waals surface area contributed by atoms with Crippen LogP contribution in [0.2, 0.25) is 0 Å². The van der Waals surface area contributed by atoms with Gasteiger partial charge < -0.3 is 4.57 Å². The number of aryl methyl sites for hydroxylation is 2. The van der Waals surface area contributed by atoms with Crippen LogP contribution in [0.25, 0.3) is 0 Å². The van der Waals surface area contributed by atoms with Crippen LogP contribution < -0.4 is 0 Å². The second-order valence-corrected chi connectivity index (χ2v) is 4.99. The standard InChI is InChI=1S/C14H23N/c1-12-10-11-13(2)15(12)14-8-6-4-3-5-7-9-14/h10-11,14H,3-9H2,1-2H3. The molecule has 0 amide bonds. The normalized spacial score (nSPS) is 19.9. The summed E-state index contributed by atoms with van der Waals surface area (Å²) >= 11 is 0. The summed E-state index contributed by atoms with van der Waals surface area (Å²) in [7, 11) is 0. The minimum atomic E-state index is 0.778. The highest BCUT2D eigenvalue weighted by atomic mass is 15.0. The molecule has 1 aliphatic rings. The highest BCUT2D eigenvalue weighted by molar-refractivity contribution is 5.15. The van der Waals surface area contributed by atoms with E-state index in [0.29, 0.717) is 0 Å². The van der Waals surface area contributed by atoms with Crippen molar-refractivity contribution in [2.24, 2.45) is 0 Å². The molecular formula is C14H23N. The van der Waals surface area contributed by atoms with Gasteiger partial charge in [-0.1, -0.05) is 32.1 Å². The van der Waals surface area contributed by atoms with Crippen molar-refractivity contribution in [2.45, 2.75) is 64.8 Å². The third-order valence-corrected chi connectivity index (χ3v) is 3.77. The van der Waals surface area contributed by atoms with Crippen molar-refractivity contribution in [2.75, 3.05) is 0 Å². The molecule has 15 heavy (non-hydrogen) atoms. The zero-order chi connectivity index (χ0) is 10.7. The van der Waals surface area contributed by atoms with E-state index in [9.17, 15) is 0 Å². The van der Waals surface area contributed by atoms with Gasteiger partial charge in [0.25, 0.3) is 0 Å². The van der Waals surface area contributed by atoms with Gasteiger partial charge >= 0.3 is 0 Å². The first-order chi connectivity index (χ1) is 7.29. The molecule has 0 aromatic carbocycles. The monoisotopic (exact) mass is 205 g/mol. The van der Waals surface area contributed by atoms with E-state index in [0.717, 1.165) is 6.04 Å². The number of aromatic nitrogens is 1. The maximum atomic E-state index is 2.56. The summed E-state index contributed by atoms with van der Waals surface area (Å²) < 4.78 is 2.56. The maximum Gasteiger partial charge on any atom is 0.0335 e. The lowest BCUT2D eigenvalue weighted by atomic mass is 9.96. The number of nitrogens with zero attached hydrogens (tertiary/aromatic N) is 1. The third kappa shape index (κ3) is 2.45. The predicted octanol–water partition coefficient (Wildman–Crippen LogP) is 4.39. The second kappa shape index (κ2) is 4.87. The van der Waals surface area contributed by atoms with E-state index in [4.69, 9.17) is 0 Å². The molecule has 1 aromatic heterocycles. The molecule has 0 saturated heterocycles. The van der Waals surface area contributed by atoms with Crippen LogP contribution in [-0.2, 0) is 0 Å². The predicted molar refractivity (Wildman–Crippen MR) is 65.3 cm³/mol. The van der Waals surface area contributed by atoms with E-state index in [-0.39, 0.29) is 0 Å². The van der Waals surface area contributed by atoms with Crippen LogP contribution in [0.1, 0.15) is 62.4 Å². The molecule has 1 saturated carbocycles. The Kier molecular flexibility index (Phi) is 3.50. The first kappa shape index (κ1) is 10.8. The molecule has 0 radical (unpaired) electrons. The van der Waals surface area contributed by atoms with Crippen molar-refractivity contribution in [1.82, 2.24) is 4.57 Å². The molecule has 1 heteroatoms. The first-order valence-corrected chi connectivity index (χ1v) is 6.43. The second-order valence-electron chi connectivity index (χ2n) is 4.99. The molecule has 1 heterocycles. The minimum absolute atomic E-state index is 0.778. The Hall–Kier alpha value is -0.720. The Bertz CT molecular complexity index is 284. The molecule has 1 aromatic rings. The summed E-state index contributed by atoms with van der Waals surface area (Å²) in [5, 5.41) is 0. The lowest BCUT2D eigenvalue weighted by Gasteiger charge is -2.24. The Balaban J connectivity index is 2.13. The van der Waals surface area contributed by atoms with E-state index in [2.05, 4.69) is 30.5 Å². The highest BCUT2D eigenvalue weighted by Gasteiger charge is 2.15. The van der Waals surface area contributed by atoms with E-state index in [1.165, 1.54) is 56.3 Å². The van der Waals surface area contributed by atoms with Crippen molar-refractivity contribution in [3.8, 4) is 0 Å². The SMILES string of the molecule is Cc1ccc(C)n1C1CCCCCCC1. The van der Waals surface area contributed by atoms with Gasteiger partial charge in [-0.3, -0.25) is 0 Å². The van der Waals surface area contributed by atoms with Gasteiger partial charge in [-0.15, -0.1) is 0 Å². The molecule has 0 N–H and O–H groups in total. The largest absolute Gasteiger partial charge is 0.346 e. The third-order valence-electron chi connectivity index (χ3n) is 3.77. The fourth-order valence-corrected chi connectivity index (χ4v) is 2.95. The summed E-state index contributed by atoms with van der Waals surface area (Å²) in [4.78, 5) is 0. The summed E-state index contributed by atoms with van der Waals surface area (Å²) in [6.07, 6.45) is 9.94. The van der Waals surface area contributed by atoms with Crippen LogP contribution in [-0.4, -0.2) is 4.57 Å². The van der Waals surface area contributed by atoms with Gasteiger partial charge in [0.05, 0.1) is 0 Å². The zero-order valence-electron chi connectivity index (χ0n) is 10.1. The van der Waals surface area contributed by atoms with Crippen LogP contribution in [0.5, 0.6) is 0 Å². The fraction of sp³-hybridized carbons (Fsp3) is 0.714. The topological polar surface area (TPSA) is 4.93 Å². The van der Waals surface area contributed by atoms with Crippen LogP contribution in [0.4, 0.5) is 0 Å². The van der Waals surface area contributed by atoms with Crippen LogP contribution >= 0.6 is 0 Å². The fourth-order valence-electron chi connectivity index (χ4n) is 2.95. The molecule has 0 bridgehead atoms. The Morgan fingerprint density at radius 3 is 1.87 bits per heavy atom. The Morgan fingerprint density at radius 2 is 1.33 bits per heavy atom. The van der Waals surface area contributed by atoms with Gasteiger partial charge in [0.15, 0.2) is 0 Å².